The third-order valence-corrected chi connectivity index (χ3v) is 4.70. The lowest BCUT2D eigenvalue weighted by Crippen LogP contribution is -2.47. The number of carbonyl (C=O) groups excluding carboxylic acids is 1. The van der Waals surface area contributed by atoms with Crippen LogP contribution in [0.1, 0.15) is 0 Å². The molecule has 0 aromatic heterocycles. The molecular formula is C19H33BN5O12. The maximum Gasteiger partial charge on any atom is 0.438 e. The summed E-state index contributed by atoms with van der Waals surface area (Å²) in [5, 5.41) is 47.7. The minimum absolute atomic E-state index is 0.00388. The third kappa shape index (κ3) is 19.5. The molecular weight excluding hydrogens is 501 g/mol. The molecule has 0 unspecified atom stereocenters. The van der Waals surface area contributed by atoms with E-state index in [9.17, 15) is 39.0 Å². The van der Waals surface area contributed by atoms with Gasteiger partial charge in [0.1, 0.15) is 0 Å². The van der Waals surface area contributed by atoms with Crippen LogP contribution in [0.3, 0.4) is 0 Å². The lowest BCUT2D eigenvalue weighted by Gasteiger charge is -2.29. The molecule has 18 heteroatoms. The Bertz CT molecular complexity index is 771. The van der Waals surface area contributed by atoms with E-state index in [1.165, 1.54) is 21.8 Å². The van der Waals surface area contributed by atoms with E-state index in [1.54, 1.807) is 0 Å². The van der Waals surface area contributed by atoms with E-state index >= 15 is 0 Å². The van der Waals surface area contributed by atoms with E-state index in [4.69, 9.17) is 15.3 Å². The van der Waals surface area contributed by atoms with Gasteiger partial charge in [-0.2, -0.15) is 0 Å². The number of carbonyl (C=O) groups is 6. The number of aliphatic carboxylic acids is 5. The molecule has 37 heavy (non-hydrogen) atoms. The van der Waals surface area contributed by atoms with Crippen LogP contribution in [0.25, 0.3) is 0 Å². The van der Waals surface area contributed by atoms with Gasteiger partial charge in [-0.25, -0.2) is 0 Å². The van der Waals surface area contributed by atoms with Gasteiger partial charge < -0.3 is 35.4 Å². The summed E-state index contributed by atoms with van der Waals surface area (Å²) in [5.74, 6) is -6.63. The minimum atomic E-state index is -1.25. The molecule has 0 aromatic carbocycles. The molecule has 0 aromatic rings. The topological polar surface area (TPSA) is 238 Å². The zero-order chi connectivity index (χ0) is 28.4. The summed E-state index contributed by atoms with van der Waals surface area (Å²) in [4.78, 5) is 72.8. The zero-order valence-electron chi connectivity index (χ0n) is 20.4. The number of carboxylic acid groups (broad SMARTS) is 5. The molecule has 0 spiro atoms. The first-order valence-electron chi connectivity index (χ1n) is 10.9. The smallest absolute Gasteiger partial charge is 0.438 e. The van der Waals surface area contributed by atoms with Gasteiger partial charge in [0.15, 0.2) is 0 Å². The van der Waals surface area contributed by atoms with Crippen molar-refractivity contribution in [3.8, 4) is 0 Å². The summed E-state index contributed by atoms with van der Waals surface area (Å²) in [7, 11) is 2.33. The highest BCUT2D eigenvalue weighted by Gasteiger charge is 2.20. The molecule has 0 rings (SSSR count). The summed E-state index contributed by atoms with van der Waals surface area (Å²) in [6, 6.07) is 0. The van der Waals surface area contributed by atoms with Crippen molar-refractivity contribution in [2.24, 2.45) is 0 Å². The van der Waals surface area contributed by atoms with Crippen molar-refractivity contribution in [3.63, 3.8) is 0 Å². The van der Waals surface area contributed by atoms with E-state index in [2.05, 4.69) is 9.88 Å². The van der Waals surface area contributed by atoms with Crippen molar-refractivity contribution < 1.29 is 59.0 Å². The molecule has 6 N–H and O–H groups in total. The Morgan fingerprint density at radius 2 is 0.811 bits per heavy atom. The van der Waals surface area contributed by atoms with Crippen LogP contribution in [0, 0.1) is 0 Å². The van der Waals surface area contributed by atoms with Gasteiger partial charge in [0.2, 0.25) is 5.91 Å². The Labute approximate surface area is 213 Å². The highest BCUT2D eigenvalue weighted by atomic mass is 16.4. The average Bonchev–Trinajstić information content (AvgIpc) is 2.75. The van der Waals surface area contributed by atoms with E-state index in [-0.39, 0.29) is 45.8 Å². The summed E-state index contributed by atoms with van der Waals surface area (Å²) in [5.41, 5.74) is 0. The quantitative estimate of drug-likeness (QED) is 0.0683. The molecule has 0 saturated carbocycles. The maximum absolute atomic E-state index is 11.9. The molecule has 0 aliphatic heterocycles. The number of hydrogen-bond acceptors (Lipinski definition) is 11. The van der Waals surface area contributed by atoms with Crippen molar-refractivity contribution in [2.75, 3.05) is 85.6 Å². The van der Waals surface area contributed by atoms with Crippen molar-refractivity contribution in [2.45, 2.75) is 0 Å². The van der Waals surface area contributed by atoms with Gasteiger partial charge in [-0.1, -0.05) is 0 Å². The predicted octanol–water partition coefficient (Wildman–Crippen LogP) is -4.09. The second-order valence-corrected chi connectivity index (χ2v) is 7.86. The number of amides is 1. The number of hydrogen-bond donors (Lipinski definition) is 6. The van der Waals surface area contributed by atoms with Crippen LogP contribution in [0.2, 0.25) is 0 Å². The lowest BCUT2D eigenvalue weighted by molar-refractivity contribution is -0.143. The Hall–Kier alpha value is -3.32. The maximum atomic E-state index is 11.9. The number of rotatable bonds is 23. The fourth-order valence-corrected chi connectivity index (χ4v) is 3.15. The van der Waals surface area contributed by atoms with Crippen LogP contribution in [0.4, 0.5) is 0 Å². The predicted molar refractivity (Wildman–Crippen MR) is 125 cm³/mol. The highest BCUT2D eigenvalue weighted by molar-refractivity contribution is 6.29. The standard InChI is InChI=1S/C19H33BN5O12/c1-37-20-21-14(26)8-24(11-17(31)32)6-4-22(9-15(27)28)2-3-23(10-16(29)30)5-7-25(12-18(33)34)13-19(35)36/h2-13H2,1H3,(H,21,26)(H,27,28)(H,29,30)(H,31,32)(H,33,34)(H,35,36). The monoisotopic (exact) mass is 534 g/mol. The van der Waals surface area contributed by atoms with Crippen molar-refractivity contribution in [1.82, 2.24) is 24.8 Å². The normalized spacial score (nSPS) is 11.2. The molecule has 0 fully saturated rings. The summed E-state index contributed by atoms with van der Waals surface area (Å²) < 4.78 is 4.60. The van der Waals surface area contributed by atoms with E-state index in [1.807, 2.05) is 0 Å². The Morgan fingerprint density at radius 3 is 1.11 bits per heavy atom. The fourth-order valence-electron chi connectivity index (χ4n) is 3.15. The van der Waals surface area contributed by atoms with Crippen molar-refractivity contribution in [3.05, 3.63) is 0 Å². The van der Waals surface area contributed by atoms with Gasteiger partial charge in [0, 0.05) is 46.4 Å². The Balaban J connectivity index is 5.20. The van der Waals surface area contributed by atoms with Crippen LogP contribution < -0.4 is 5.23 Å². The van der Waals surface area contributed by atoms with E-state index in [0.29, 0.717) is 0 Å². The van der Waals surface area contributed by atoms with Crippen molar-refractivity contribution >= 4 is 43.4 Å². The first kappa shape index (κ1) is 33.7. The van der Waals surface area contributed by atoms with Gasteiger partial charge >= 0.3 is 37.5 Å². The molecule has 0 saturated heterocycles. The first-order valence-corrected chi connectivity index (χ1v) is 10.9. The first-order chi connectivity index (χ1) is 17.3. The fraction of sp³-hybridized carbons (Fsp3) is 0.684. The van der Waals surface area contributed by atoms with Crippen LogP contribution in [0.15, 0.2) is 0 Å². The molecule has 17 nitrogen and oxygen atoms in total. The lowest BCUT2D eigenvalue weighted by atomic mass is 10.2. The molecule has 209 valence electrons. The molecule has 0 atom stereocenters. The number of nitrogens with zero attached hydrogens (tertiary/aromatic N) is 4. The molecule has 0 bridgehead atoms. The van der Waals surface area contributed by atoms with Gasteiger partial charge in [-0.15, -0.1) is 0 Å². The van der Waals surface area contributed by atoms with E-state index < -0.39 is 68.5 Å². The highest BCUT2D eigenvalue weighted by Crippen LogP contribution is 1.99. The van der Waals surface area contributed by atoms with Gasteiger partial charge in [-0.3, -0.25) is 48.4 Å². The molecule has 0 aliphatic rings. The van der Waals surface area contributed by atoms with Crippen LogP contribution in [0.5, 0.6) is 0 Å². The molecule has 0 aliphatic carbocycles. The van der Waals surface area contributed by atoms with Gasteiger partial charge in [0.05, 0.1) is 39.3 Å². The average molecular weight is 534 g/mol. The second-order valence-electron chi connectivity index (χ2n) is 7.86. The summed E-state index contributed by atoms with van der Waals surface area (Å²) >= 11 is 0. The summed E-state index contributed by atoms with van der Waals surface area (Å²) in [6.45, 7) is -2.78. The molecule has 0 heterocycles. The Kier molecular flexibility index (Phi) is 17.2. The third-order valence-electron chi connectivity index (χ3n) is 4.70. The molecule has 1 amide bonds. The van der Waals surface area contributed by atoms with Gasteiger partial charge in [-0.05, 0) is 0 Å². The van der Waals surface area contributed by atoms with E-state index in [0.717, 1.165) is 12.5 Å². The van der Waals surface area contributed by atoms with Gasteiger partial charge in [0.25, 0.3) is 0 Å². The zero-order valence-corrected chi connectivity index (χ0v) is 20.4. The summed E-state index contributed by atoms with van der Waals surface area (Å²) in [6.07, 6.45) is 0. The SMILES string of the molecule is CO[B]NC(=O)CN(CCN(CCN(CCN(CC(=O)O)CC(=O)O)CC(=O)O)CC(=O)O)CC(=O)O. The second kappa shape index (κ2) is 18.9. The Morgan fingerprint density at radius 1 is 0.541 bits per heavy atom. The van der Waals surface area contributed by atoms with Crippen LogP contribution in [-0.4, -0.2) is 174 Å². The van der Waals surface area contributed by atoms with Crippen LogP contribution in [-0.2, 0) is 33.4 Å². The van der Waals surface area contributed by atoms with Crippen molar-refractivity contribution in [1.29, 1.82) is 0 Å². The number of nitrogens with one attached hydrogen (secondary N) is 1. The largest absolute Gasteiger partial charge is 0.480 e. The number of carboxylic acids is 5. The molecule has 1 radical (unpaired) electrons. The van der Waals surface area contributed by atoms with Crippen LogP contribution >= 0.6 is 0 Å². The minimum Gasteiger partial charge on any atom is -0.480 e.